The number of hydrogen-bond donors (Lipinski definition) is 3. The Morgan fingerprint density at radius 2 is 2.67 bits per heavy atom. The summed E-state index contributed by atoms with van der Waals surface area (Å²) in [5, 5.41) is 6.75. The molecule has 0 spiro atoms. The summed E-state index contributed by atoms with van der Waals surface area (Å²) < 4.78 is 0. The minimum atomic E-state index is 0.615. The highest BCUT2D eigenvalue weighted by atomic mass is 15.2. The van der Waals surface area contributed by atoms with Gasteiger partial charge in [-0.15, -0.1) is 0 Å². The minimum Gasteiger partial charge on any atom is -0.283 e. The second kappa shape index (κ2) is 2.61. The third-order valence-corrected chi connectivity index (χ3v) is 1.04. The fourth-order valence-corrected chi connectivity index (χ4v) is 0.670. The maximum absolute atomic E-state index is 5.07. The Kier molecular flexibility index (Phi) is 1.81. The van der Waals surface area contributed by atoms with Gasteiger partial charge in [-0.2, -0.15) is 5.10 Å². The van der Waals surface area contributed by atoms with Gasteiger partial charge in [-0.05, 0) is 13.0 Å². The maximum Gasteiger partial charge on any atom is 0.0776 e. The SMILES string of the molecule is Cc1cc(CNN)n[nH]1. The van der Waals surface area contributed by atoms with Gasteiger partial charge in [0.2, 0.25) is 0 Å². The minimum absolute atomic E-state index is 0.615. The van der Waals surface area contributed by atoms with Gasteiger partial charge in [-0.25, -0.2) is 0 Å². The average molecular weight is 126 g/mol. The highest BCUT2D eigenvalue weighted by Crippen LogP contribution is 1.94. The third-order valence-electron chi connectivity index (χ3n) is 1.04. The number of nitrogens with two attached hydrogens (primary N) is 1. The fourth-order valence-electron chi connectivity index (χ4n) is 0.670. The molecular formula is C5H10N4. The van der Waals surface area contributed by atoms with E-state index in [4.69, 9.17) is 5.84 Å². The monoisotopic (exact) mass is 126 g/mol. The molecule has 50 valence electrons. The topological polar surface area (TPSA) is 66.7 Å². The van der Waals surface area contributed by atoms with Crippen LogP contribution in [0.5, 0.6) is 0 Å². The molecule has 0 saturated carbocycles. The standard InChI is InChI=1S/C5H10N4/c1-4-2-5(3-7-6)9-8-4/h2,7H,3,6H2,1H3,(H,8,9). The smallest absolute Gasteiger partial charge is 0.0776 e. The lowest BCUT2D eigenvalue weighted by Crippen LogP contribution is -2.20. The molecule has 0 radical (unpaired) electrons. The summed E-state index contributed by atoms with van der Waals surface area (Å²) in [6.45, 7) is 2.57. The number of nitrogens with one attached hydrogen (secondary N) is 2. The Labute approximate surface area is 53.4 Å². The van der Waals surface area contributed by atoms with Crippen LogP contribution in [-0.4, -0.2) is 10.2 Å². The summed E-state index contributed by atoms with van der Waals surface area (Å²) in [5.41, 5.74) is 4.51. The molecule has 1 heterocycles. The summed E-state index contributed by atoms with van der Waals surface area (Å²) in [4.78, 5) is 0. The zero-order valence-electron chi connectivity index (χ0n) is 5.31. The van der Waals surface area contributed by atoms with Gasteiger partial charge in [-0.1, -0.05) is 0 Å². The van der Waals surface area contributed by atoms with E-state index in [2.05, 4.69) is 15.6 Å². The van der Waals surface area contributed by atoms with E-state index in [0.717, 1.165) is 11.4 Å². The molecule has 1 rings (SSSR count). The van der Waals surface area contributed by atoms with Crippen molar-refractivity contribution in [3.63, 3.8) is 0 Å². The van der Waals surface area contributed by atoms with Gasteiger partial charge >= 0.3 is 0 Å². The number of aromatic nitrogens is 2. The van der Waals surface area contributed by atoms with Gasteiger partial charge in [0.05, 0.1) is 12.2 Å². The van der Waals surface area contributed by atoms with E-state index in [9.17, 15) is 0 Å². The van der Waals surface area contributed by atoms with Crippen molar-refractivity contribution in [2.75, 3.05) is 0 Å². The molecule has 0 atom stereocenters. The van der Waals surface area contributed by atoms with Crippen LogP contribution in [0.2, 0.25) is 0 Å². The van der Waals surface area contributed by atoms with E-state index in [1.165, 1.54) is 0 Å². The Morgan fingerprint density at radius 3 is 3.11 bits per heavy atom. The van der Waals surface area contributed by atoms with Crippen molar-refractivity contribution in [2.24, 2.45) is 5.84 Å². The molecule has 0 aliphatic carbocycles. The van der Waals surface area contributed by atoms with Crippen LogP contribution in [0.4, 0.5) is 0 Å². The van der Waals surface area contributed by atoms with Gasteiger partial charge < -0.3 is 0 Å². The second-order valence-corrected chi connectivity index (χ2v) is 1.92. The van der Waals surface area contributed by atoms with Gasteiger partial charge in [0, 0.05) is 5.69 Å². The van der Waals surface area contributed by atoms with Crippen LogP contribution in [-0.2, 0) is 6.54 Å². The van der Waals surface area contributed by atoms with Crippen molar-refractivity contribution >= 4 is 0 Å². The van der Waals surface area contributed by atoms with Gasteiger partial charge in [0.25, 0.3) is 0 Å². The van der Waals surface area contributed by atoms with Crippen molar-refractivity contribution in [1.29, 1.82) is 0 Å². The van der Waals surface area contributed by atoms with Gasteiger partial charge in [-0.3, -0.25) is 16.4 Å². The molecule has 0 aromatic carbocycles. The lowest BCUT2D eigenvalue weighted by Gasteiger charge is -1.88. The van der Waals surface area contributed by atoms with Crippen LogP contribution in [0, 0.1) is 6.92 Å². The molecule has 0 aliphatic rings. The molecule has 1 aromatic rings. The molecule has 0 amide bonds. The zero-order valence-corrected chi connectivity index (χ0v) is 5.31. The molecule has 9 heavy (non-hydrogen) atoms. The molecule has 4 nitrogen and oxygen atoms in total. The van der Waals surface area contributed by atoms with Crippen molar-refractivity contribution < 1.29 is 0 Å². The van der Waals surface area contributed by atoms with Crippen LogP contribution in [0.25, 0.3) is 0 Å². The summed E-state index contributed by atoms with van der Waals surface area (Å²) in [7, 11) is 0. The predicted molar refractivity (Wildman–Crippen MR) is 34.4 cm³/mol. The molecule has 0 aliphatic heterocycles. The van der Waals surface area contributed by atoms with E-state index < -0.39 is 0 Å². The molecule has 0 bridgehead atoms. The van der Waals surface area contributed by atoms with Gasteiger partial charge in [0.1, 0.15) is 0 Å². The number of aromatic amines is 1. The van der Waals surface area contributed by atoms with Crippen molar-refractivity contribution in [3.8, 4) is 0 Å². The summed E-state index contributed by atoms with van der Waals surface area (Å²) in [5.74, 6) is 5.07. The largest absolute Gasteiger partial charge is 0.283 e. The first kappa shape index (κ1) is 6.25. The Hall–Kier alpha value is -0.870. The molecule has 4 heteroatoms. The predicted octanol–water partition coefficient (Wildman–Crippen LogP) is -0.319. The summed E-state index contributed by atoms with van der Waals surface area (Å²) >= 11 is 0. The zero-order chi connectivity index (χ0) is 6.69. The Bertz CT molecular complexity index is 181. The van der Waals surface area contributed by atoms with Crippen LogP contribution in [0.1, 0.15) is 11.4 Å². The highest BCUT2D eigenvalue weighted by Gasteiger charge is 1.92. The number of aryl methyl sites for hydroxylation is 1. The van der Waals surface area contributed by atoms with E-state index >= 15 is 0 Å². The van der Waals surface area contributed by atoms with Crippen molar-refractivity contribution in [1.82, 2.24) is 15.6 Å². The first-order valence-electron chi connectivity index (χ1n) is 2.77. The average Bonchev–Trinajstić information content (AvgIpc) is 2.17. The molecule has 4 N–H and O–H groups in total. The Balaban J connectivity index is 2.61. The van der Waals surface area contributed by atoms with Crippen molar-refractivity contribution in [2.45, 2.75) is 13.5 Å². The first-order valence-corrected chi connectivity index (χ1v) is 2.77. The quantitative estimate of drug-likeness (QED) is 0.376. The molecule has 0 fully saturated rings. The van der Waals surface area contributed by atoms with E-state index in [-0.39, 0.29) is 0 Å². The fraction of sp³-hybridized carbons (Fsp3) is 0.400. The van der Waals surface area contributed by atoms with E-state index in [0.29, 0.717) is 6.54 Å². The first-order chi connectivity index (χ1) is 4.33. The number of rotatable bonds is 2. The number of H-pyrrole nitrogens is 1. The highest BCUT2D eigenvalue weighted by molar-refractivity contribution is 5.05. The van der Waals surface area contributed by atoms with E-state index in [1.807, 2.05) is 13.0 Å². The maximum atomic E-state index is 5.07. The van der Waals surface area contributed by atoms with Crippen molar-refractivity contribution in [3.05, 3.63) is 17.5 Å². The lowest BCUT2D eigenvalue weighted by atomic mass is 10.4. The van der Waals surface area contributed by atoms with Crippen LogP contribution < -0.4 is 11.3 Å². The van der Waals surface area contributed by atoms with Crippen LogP contribution in [0.15, 0.2) is 6.07 Å². The number of hydrogen-bond acceptors (Lipinski definition) is 3. The molecular weight excluding hydrogens is 116 g/mol. The Morgan fingerprint density at radius 1 is 1.89 bits per heavy atom. The normalized spacial score (nSPS) is 10.0. The van der Waals surface area contributed by atoms with Crippen LogP contribution in [0.3, 0.4) is 0 Å². The second-order valence-electron chi connectivity index (χ2n) is 1.92. The van der Waals surface area contributed by atoms with Crippen LogP contribution >= 0.6 is 0 Å². The van der Waals surface area contributed by atoms with Gasteiger partial charge in [0.15, 0.2) is 0 Å². The molecule has 0 unspecified atom stereocenters. The lowest BCUT2D eigenvalue weighted by molar-refractivity contribution is 0.719. The number of hydrazine groups is 1. The van der Waals surface area contributed by atoms with E-state index in [1.54, 1.807) is 0 Å². The molecule has 1 aromatic heterocycles. The third kappa shape index (κ3) is 1.51. The summed E-state index contributed by atoms with van der Waals surface area (Å²) in [6.07, 6.45) is 0. The number of nitrogens with zero attached hydrogens (tertiary/aromatic N) is 1. The molecule has 0 saturated heterocycles. The summed E-state index contributed by atoms with van der Waals surface area (Å²) in [6, 6.07) is 1.94.